The molecule has 1 aliphatic heterocycles. The summed E-state index contributed by atoms with van der Waals surface area (Å²) in [7, 11) is 1.67. The molecular formula is C18H31N3O3. The molecule has 0 N–H and O–H groups in total. The molecule has 1 heterocycles. The van der Waals surface area contributed by atoms with Crippen LogP contribution >= 0.6 is 0 Å². The normalized spacial score (nSPS) is 20.8. The molecule has 0 atom stereocenters. The van der Waals surface area contributed by atoms with Crippen molar-refractivity contribution in [2.45, 2.75) is 71.8 Å². The van der Waals surface area contributed by atoms with Crippen molar-refractivity contribution < 1.29 is 14.3 Å². The zero-order chi connectivity index (χ0) is 18.0. The van der Waals surface area contributed by atoms with Gasteiger partial charge in [0.05, 0.1) is 18.7 Å². The molecule has 24 heavy (non-hydrogen) atoms. The third-order valence-electron chi connectivity index (χ3n) is 4.62. The van der Waals surface area contributed by atoms with Crippen LogP contribution in [0, 0.1) is 5.41 Å². The first kappa shape index (κ1) is 18.7. The quantitative estimate of drug-likeness (QED) is 0.790. The Hall–Kier alpha value is -1.59. The molecular weight excluding hydrogens is 306 g/mol. The first-order chi connectivity index (χ1) is 11.1. The lowest BCUT2D eigenvalue weighted by Gasteiger charge is -2.35. The Morgan fingerprint density at radius 2 is 1.92 bits per heavy atom. The predicted octanol–water partition coefficient (Wildman–Crippen LogP) is 3.41. The number of hydrazone groups is 1. The average molecular weight is 337 g/mol. The molecule has 0 aromatic rings. The molecule has 1 fully saturated rings. The van der Waals surface area contributed by atoms with Crippen LogP contribution in [0.25, 0.3) is 0 Å². The minimum atomic E-state index is -0.528. The molecule has 2 aliphatic rings. The molecule has 136 valence electrons. The molecule has 0 aromatic heterocycles. The second kappa shape index (κ2) is 7.11. The van der Waals surface area contributed by atoms with E-state index >= 15 is 0 Å². The van der Waals surface area contributed by atoms with Crippen molar-refractivity contribution in [1.29, 1.82) is 0 Å². The average Bonchev–Trinajstić information content (AvgIpc) is 2.76. The highest BCUT2D eigenvalue weighted by atomic mass is 16.6. The van der Waals surface area contributed by atoms with Gasteiger partial charge in [0.15, 0.2) is 0 Å². The van der Waals surface area contributed by atoms with E-state index in [4.69, 9.17) is 4.74 Å². The fourth-order valence-electron chi connectivity index (χ4n) is 3.34. The molecule has 0 radical (unpaired) electrons. The van der Waals surface area contributed by atoms with Crippen molar-refractivity contribution in [3.05, 3.63) is 0 Å². The number of nitrogens with zero attached hydrogens (tertiary/aromatic N) is 3. The first-order valence-electron chi connectivity index (χ1n) is 8.89. The highest BCUT2D eigenvalue weighted by Gasteiger charge is 2.34. The third-order valence-corrected chi connectivity index (χ3v) is 4.62. The number of hydrogen-bond acceptors (Lipinski definition) is 4. The molecule has 0 unspecified atom stereocenters. The van der Waals surface area contributed by atoms with Crippen molar-refractivity contribution in [3.8, 4) is 0 Å². The first-order valence-corrected chi connectivity index (χ1v) is 8.89. The van der Waals surface area contributed by atoms with Crippen LogP contribution in [0.1, 0.15) is 66.2 Å². The monoisotopic (exact) mass is 337 g/mol. The Labute approximate surface area is 145 Å². The molecule has 6 nitrogen and oxygen atoms in total. The van der Waals surface area contributed by atoms with Crippen LogP contribution < -0.4 is 0 Å². The summed E-state index contributed by atoms with van der Waals surface area (Å²) in [6.07, 6.45) is 5.96. The SMILES string of the molecule is CN(CC1=NN(CC2(C)CCCCC2)C(=O)C1)C(=O)OC(C)(C)C. The summed E-state index contributed by atoms with van der Waals surface area (Å²) in [5.41, 5.74) is 0.372. The minimum Gasteiger partial charge on any atom is -0.444 e. The van der Waals surface area contributed by atoms with Gasteiger partial charge in [-0.2, -0.15) is 5.10 Å². The van der Waals surface area contributed by atoms with Crippen molar-refractivity contribution in [1.82, 2.24) is 9.91 Å². The highest BCUT2D eigenvalue weighted by Crippen LogP contribution is 2.37. The van der Waals surface area contributed by atoms with Crippen LogP contribution in [0.15, 0.2) is 5.10 Å². The summed E-state index contributed by atoms with van der Waals surface area (Å²) in [6, 6.07) is 0. The fraction of sp³-hybridized carbons (Fsp3) is 0.833. The van der Waals surface area contributed by atoms with Gasteiger partial charge < -0.3 is 9.64 Å². The Morgan fingerprint density at radius 1 is 1.29 bits per heavy atom. The highest BCUT2D eigenvalue weighted by molar-refractivity contribution is 6.06. The van der Waals surface area contributed by atoms with Crippen LogP contribution in [-0.4, -0.2) is 53.4 Å². The molecule has 0 saturated heterocycles. The van der Waals surface area contributed by atoms with Gasteiger partial charge in [0.2, 0.25) is 5.91 Å². The van der Waals surface area contributed by atoms with Gasteiger partial charge in [-0.3, -0.25) is 4.79 Å². The lowest BCUT2D eigenvalue weighted by atomic mass is 9.75. The largest absolute Gasteiger partial charge is 0.444 e. The third kappa shape index (κ3) is 5.21. The maximum Gasteiger partial charge on any atom is 0.410 e. The molecule has 0 aromatic carbocycles. The van der Waals surface area contributed by atoms with Gasteiger partial charge >= 0.3 is 6.09 Å². The lowest BCUT2D eigenvalue weighted by Crippen LogP contribution is -2.37. The summed E-state index contributed by atoms with van der Waals surface area (Å²) in [6.45, 7) is 8.77. The van der Waals surface area contributed by atoms with Crippen molar-refractivity contribution in [2.75, 3.05) is 20.1 Å². The number of carbonyl (C=O) groups is 2. The maximum absolute atomic E-state index is 12.3. The van der Waals surface area contributed by atoms with Gasteiger partial charge in [0.1, 0.15) is 5.60 Å². The predicted molar refractivity (Wildman–Crippen MR) is 93.8 cm³/mol. The van der Waals surface area contributed by atoms with E-state index in [9.17, 15) is 9.59 Å². The van der Waals surface area contributed by atoms with Crippen LogP contribution in [0.4, 0.5) is 4.79 Å². The van der Waals surface area contributed by atoms with E-state index in [1.54, 1.807) is 12.1 Å². The molecule has 2 amide bonds. The summed E-state index contributed by atoms with van der Waals surface area (Å²) in [4.78, 5) is 25.8. The second-order valence-electron chi connectivity index (χ2n) is 8.50. The number of ether oxygens (including phenoxy) is 1. The number of carbonyl (C=O) groups excluding carboxylic acids is 2. The van der Waals surface area contributed by atoms with E-state index in [2.05, 4.69) is 12.0 Å². The van der Waals surface area contributed by atoms with Crippen LogP contribution in [0.2, 0.25) is 0 Å². The molecule has 2 rings (SSSR count). The van der Waals surface area contributed by atoms with E-state index in [0.717, 1.165) is 18.6 Å². The molecule has 0 spiro atoms. The van der Waals surface area contributed by atoms with Crippen molar-refractivity contribution in [2.24, 2.45) is 10.5 Å². The van der Waals surface area contributed by atoms with Gasteiger partial charge in [0, 0.05) is 13.6 Å². The molecule has 1 saturated carbocycles. The van der Waals surface area contributed by atoms with Crippen molar-refractivity contribution in [3.63, 3.8) is 0 Å². The van der Waals surface area contributed by atoms with E-state index in [1.807, 2.05) is 20.8 Å². The number of rotatable bonds is 4. The summed E-state index contributed by atoms with van der Waals surface area (Å²) >= 11 is 0. The van der Waals surface area contributed by atoms with Crippen LogP contribution in [0.3, 0.4) is 0 Å². The van der Waals surface area contributed by atoms with E-state index in [0.29, 0.717) is 19.5 Å². The van der Waals surface area contributed by atoms with Gasteiger partial charge in [-0.1, -0.05) is 26.2 Å². The number of amides is 2. The second-order valence-corrected chi connectivity index (χ2v) is 8.50. The van der Waals surface area contributed by atoms with Crippen LogP contribution in [-0.2, 0) is 9.53 Å². The summed E-state index contributed by atoms with van der Waals surface area (Å²) < 4.78 is 5.33. The lowest BCUT2D eigenvalue weighted by molar-refractivity contribution is -0.130. The Morgan fingerprint density at radius 3 is 2.50 bits per heavy atom. The molecule has 6 heteroatoms. The summed E-state index contributed by atoms with van der Waals surface area (Å²) in [5.74, 6) is 0.0365. The Bertz CT molecular complexity index is 516. The van der Waals surface area contributed by atoms with Crippen LogP contribution in [0.5, 0.6) is 0 Å². The summed E-state index contributed by atoms with van der Waals surface area (Å²) in [5, 5.41) is 6.09. The van der Waals surface area contributed by atoms with Gasteiger partial charge in [-0.05, 0) is 39.0 Å². The Kier molecular flexibility index (Phi) is 5.56. The van der Waals surface area contributed by atoms with Gasteiger partial charge in [0.25, 0.3) is 0 Å². The van der Waals surface area contributed by atoms with E-state index in [1.165, 1.54) is 24.2 Å². The zero-order valence-electron chi connectivity index (χ0n) is 15.7. The smallest absolute Gasteiger partial charge is 0.410 e. The van der Waals surface area contributed by atoms with Gasteiger partial charge in [-0.25, -0.2) is 9.80 Å². The minimum absolute atomic E-state index is 0.0365. The maximum atomic E-state index is 12.3. The topological polar surface area (TPSA) is 62.2 Å². The number of hydrogen-bond donors (Lipinski definition) is 0. The Balaban J connectivity index is 1.92. The van der Waals surface area contributed by atoms with E-state index in [-0.39, 0.29) is 11.3 Å². The zero-order valence-corrected chi connectivity index (χ0v) is 15.7. The molecule has 0 bridgehead atoms. The van der Waals surface area contributed by atoms with Crippen molar-refractivity contribution >= 4 is 17.7 Å². The molecule has 1 aliphatic carbocycles. The van der Waals surface area contributed by atoms with E-state index < -0.39 is 11.7 Å². The standard InChI is InChI=1S/C18H31N3O3/c1-17(2,3)24-16(23)20(5)12-14-11-15(22)21(19-14)13-18(4)9-7-6-8-10-18/h6-13H2,1-5H3. The fourth-order valence-corrected chi connectivity index (χ4v) is 3.34. The van der Waals surface area contributed by atoms with Gasteiger partial charge in [-0.15, -0.1) is 0 Å².